The van der Waals surface area contributed by atoms with Crippen LogP contribution >= 0.6 is 34.5 Å². The molecular weight excluding hydrogens is 556 g/mol. The van der Waals surface area contributed by atoms with E-state index >= 15 is 0 Å². The van der Waals surface area contributed by atoms with Crippen molar-refractivity contribution in [2.45, 2.75) is 18.9 Å². The molecular formula is C22H21Cl2F3N6O3S. The molecule has 2 N–H and O–H groups in total. The number of aromatic nitrogens is 1. The number of anilines is 1. The second-order valence-corrected chi connectivity index (χ2v) is 10.0. The molecule has 2 aliphatic rings. The maximum Gasteiger partial charge on any atom is 0.417 e. The Morgan fingerprint density at radius 2 is 1.95 bits per heavy atom. The summed E-state index contributed by atoms with van der Waals surface area (Å²) < 4.78 is 44.6. The molecule has 0 aliphatic carbocycles. The van der Waals surface area contributed by atoms with Crippen molar-refractivity contribution < 1.29 is 27.5 Å². The van der Waals surface area contributed by atoms with Gasteiger partial charge in [-0.2, -0.15) is 13.2 Å². The number of ether oxygens (including phenoxy) is 1. The minimum Gasteiger partial charge on any atom is -0.379 e. The average molecular weight is 577 g/mol. The first-order valence-corrected chi connectivity index (χ1v) is 12.5. The molecule has 2 aliphatic heterocycles. The molecule has 37 heavy (non-hydrogen) atoms. The fraction of sp³-hybridized carbons (Fsp3) is 0.364. The zero-order valence-corrected chi connectivity index (χ0v) is 21.6. The second-order valence-electron chi connectivity index (χ2n) is 8.08. The first kappa shape index (κ1) is 27.3. The van der Waals surface area contributed by atoms with E-state index in [1.54, 1.807) is 0 Å². The van der Waals surface area contributed by atoms with E-state index in [1.807, 2.05) is 11.9 Å². The molecule has 1 aromatic carbocycles. The predicted octanol–water partition coefficient (Wildman–Crippen LogP) is 3.77. The van der Waals surface area contributed by atoms with Gasteiger partial charge in [0.25, 0.3) is 11.8 Å². The van der Waals surface area contributed by atoms with Gasteiger partial charge >= 0.3 is 6.18 Å². The van der Waals surface area contributed by atoms with Crippen LogP contribution in [0.4, 0.5) is 18.9 Å². The summed E-state index contributed by atoms with van der Waals surface area (Å²) in [6.07, 6.45) is -2.19. The van der Waals surface area contributed by atoms with Gasteiger partial charge < -0.3 is 20.3 Å². The van der Waals surface area contributed by atoms with Crippen LogP contribution < -0.4 is 10.6 Å². The van der Waals surface area contributed by atoms with Gasteiger partial charge in [-0.25, -0.2) is 9.98 Å². The maximum absolute atomic E-state index is 13.1. The van der Waals surface area contributed by atoms with Crippen LogP contribution in [-0.4, -0.2) is 72.5 Å². The number of carbonyl (C=O) groups is 2. The van der Waals surface area contributed by atoms with Gasteiger partial charge in [0, 0.05) is 25.8 Å². The monoisotopic (exact) mass is 576 g/mol. The molecule has 0 saturated carbocycles. The molecule has 9 nitrogen and oxygen atoms in total. The van der Waals surface area contributed by atoms with Crippen LogP contribution in [0.1, 0.15) is 20.2 Å². The van der Waals surface area contributed by atoms with Crippen LogP contribution in [0.3, 0.4) is 0 Å². The van der Waals surface area contributed by atoms with Crippen molar-refractivity contribution in [3.05, 3.63) is 55.6 Å². The molecule has 1 fully saturated rings. The Bertz CT molecular complexity index is 1250. The van der Waals surface area contributed by atoms with Crippen LogP contribution in [0.5, 0.6) is 0 Å². The Morgan fingerprint density at radius 3 is 2.65 bits per heavy atom. The van der Waals surface area contributed by atoms with Crippen LogP contribution in [0.2, 0.25) is 5.02 Å². The Hall–Kier alpha value is -2.71. The van der Waals surface area contributed by atoms with Gasteiger partial charge in [-0.15, -0.1) is 11.3 Å². The van der Waals surface area contributed by atoms with Crippen molar-refractivity contribution >= 4 is 58.4 Å². The van der Waals surface area contributed by atoms with Crippen molar-refractivity contribution in [3.63, 3.8) is 0 Å². The van der Waals surface area contributed by atoms with Crippen molar-refractivity contribution in [1.29, 1.82) is 0 Å². The smallest absolute Gasteiger partial charge is 0.379 e. The highest BCUT2D eigenvalue weighted by Crippen LogP contribution is 2.36. The molecule has 198 valence electrons. The lowest BCUT2D eigenvalue weighted by Gasteiger charge is -2.40. The standard InChI is InChI=1S/C22H21Cl2F3N6O3S/c1-32-11-30-18(17(24)21(32)33-4-6-36-7-5-33)20(35)29-10-16-28-9-15(37-16)19(34)31-12-2-3-14(23)13(8-12)22(25,26)27/h2-3,8-9,11,21H,4-7,10H2,1H3,(H,29,35)(H,31,34). The number of hydrogen-bond donors (Lipinski definition) is 2. The second kappa shape index (κ2) is 11.4. The van der Waals surface area contributed by atoms with Crippen molar-refractivity contribution in [1.82, 2.24) is 20.1 Å². The molecule has 1 saturated heterocycles. The number of likely N-dealkylation sites (N-methyl/N-ethyl adjacent to an activating group) is 1. The predicted molar refractivity (Wildman–Crippen MR) is 134 cm³/mol. The van der Waals surface area contributed by atoms with E-state index in [2.05, 4.69) is 25.5 Å². The highest BCUT2D eigenvalue weighted by atomic mass is 35.5. The Balaban J connectivity index is 1.38. The van der Waals surface area contributed by atoms with E-state index in [0.29, 0.717) is 31.3 Å². The third-order valence-electron chi connectivity index (χ3n) is 5.52. The highest BCUT2D eigenvalue weighted by molar-refractivity contribution is 7.13. The summed E-state index contributed by atoms with van der Waals surface area (Å²) in [7, 11) is 1.82. The zero-order valence-electron chi connectivity index (χ0n) is 19.3. The summed E-state index contributed by atoms with van der Waals surface area (Å²) in [6, 6.07) is 3.08. The fourth-order valence-electron chi connectivity index (χ4n) is 3.73. The van der Waals surface area contributed by atoms with Gasteiger partial charge in [0.1, 0.15) is 21.7 Å². The molecule has 2 amide bonds. The molecule has 1 unspecified atom stereocenters. The number of amides is 2. The first-order valence-electron chi connectivity index (χ1n) is 10.9. The summed E-state index contributed by atoms with van der Waals surface area (Å²) >= 11 is 13.2. The third-order valence-corrected chi connectivity index (χ3v) is 7.22. The third kappa shape index (κ3) is 6.41. The quantitative estimate of drug-likeness (QED) is 0.543. The van der Waals surface area contributed by atoms with E-state index in [-0.39, 0.29) is 34.0 Å². The van der Waals surface area contributed by atoms with E-state index < -0.39 is 28.6 Å². The molecule has 4 rings (SSSR count). The highest BCUT2D eigenvalue weighted by Gasteiger charge is 2.34. The van der Waals surface area contributed by atoms with Gasteiger partial charge in [0.2, 0.25) is 0 Å². The average Bonchev–Trinajstić information content (AvgIpc) is 3.33. The van der Waals surface area contributed by atoms with Gasteiger partial charge in [0.05, 0.1) is 47.9 Å². The number of nitrogens with zero attached hydrogens (tertiary/aromatic N) is 4. The van der Waals surface area contributed by atoms with Gasteiger partial charge in [-0.3, -0.25) is 14.5 Å². The van der Waals surface area contributed by atoms with Crippen molar-refractivity contribution in [2.24, 2.45) is 4.99 Å². The summed E-state index contributed by atoms with van der Waals surface area (Å²) in [5.74, 6) is -1.15. The molecule has 0 spiro atoms. The molecule has 15 heteroatoms. The van der Waals surface area contributed by atoms with Crippen LogP contribution in [0, 0.1) is 0 Å². The van der Waals surface area contributed by atoms with Crippen LogP contribution in [-0.2, 0) is 22.3 Å². The minimum absolute atomic E-state index is 0.00278. The number of aliphatic imine (C=N–C) groups is 1. The normalized spacial score (nSPS) is 18.8. The Kier molecular flexibility index (Phi) is 8.39. The minimum atomic E-state index is -4.66. The van der Waals surface area contributed by atoms with Crippen molar-refractivity contribution in [3.8, 4) is 0 Å². The van der Waals surface area contributed by atoms with Crippen LogP contribution in [0.25, 0.3) is 0 Å². The van der Waals surface area contributed by atoms with Gasteiger partial charge in [-0.1, -0.05) is 23.2 Å². The number of hydrogen-bond acceptors (Lipinski definition) is 8. The topological polar surface area (TPSA) is 99.2 Å². The summed E-state index contributed by atoms with van der Waals surface area (Å²) in [5, 5.41) is 5.30. The molecule has 0 radical (unpaired) electrons. The number of alkyl halides is 3. The lowest BCUT2D eigenvalue weighted by molar-refractivity contribution is -0.137. The number of morpholine rings is 1. The Morgan fingerprint density at radius 1 is 1.22 bits per heavy atom. The van der Waals surface area contributed by atoms with Gasteiger partial charge in [0.15, 0.2) is 0 Å². The number of halogens is 5. The largest absolute Gasteiger partial charge is 0.417 e. The molecule has 0 bridgehead atoms. The van der Waals surface area contributed by atoms with Crippen molar-refractivity contribution in [2.75, 3.05) is 38.7 Å². The number of thiazole rings is 1. The first-order chi connectivity index (χ1) is 17.5. The molecule has 1 aromatic heterocycles. The molecule has 1 atom stereocenters. The summed E-state index contributed by atoms with van der Waals surface area (Å²) in [4.78, 5) is 37.7. The SMILES string of the molecule is CN1C=NC(C(=O)NCc2ncc(C(=O)Nc3ccc(Cl)c(C(F)(F)F)c3)s2)=C(Cl)C1N1CCOCC1. The Labute approximate surface area is 223 Å². The number of nitrogens with one attached hydrogen (secondary N) is 2. The van der Waals surface area contributed by atoms with E-state index in [1.165, 1.54) is 18.6 Å². The molecule has 3 heterocycles. The lowest BCUT2D eigenvalue weighted by Crippen LogP contribution is -2.52. The number of rotatable bonds is 6. The van der Waals surface area contributed by atoms with Gasteiger partial charge in [-0.05, 0) is 18.2 Å². The van der Waals surface area contributed by atoms with E-state index in [9.17, 15) is 22.8 Å². The summed E-state index contributed by atoms with van der Waals surface area (Å²) in [5.41, 5.74) is -1.05. The fourth-order valence-corrected chi connectivity index (χ4v) is 5.14. The molecule has 2 aromatic rings. The lowest BCUT2D eigenvalue weighted by atomic mass is 10.2. The van der Waals surface area contributed by atoms with E-state index in [4.69, 9.17) is 27.9 Å². The number of carbonyl (C=O) groups excluding carboxylic acids is 2. The maximum atomic E-state index is 13.1. The zero-order chi connectivity index (χ0) is 26.7. The summed E-state index contributed by atoms with van der Waals surface area (Å²) in [6.45, 7) is 2.44. The van der Waals surface area contributed by atoms with E-state index in [0.717, 1.165) is 23.5 Å². The number of benzene rings is 1. The van der Waals surface area contributed by atoms with Crippen LogP contribution in [0.15, 0.2) is 40.1 Å².